The molecule has 6 heteroatoms. The molecule has 0 aliphatic heterocycles. The van der Waals surface area contributed by atoms with Crippen molar-refractivity contribution in [1.29, 1.82) is 5.39 Å². The second-order valence-electron chi connectivity index (χ2n) is 1.70. The van der Waals surface area contributed by atoms with Gasteiger partial charge in [0.1, 0.15) is 5.02 Å². The van der Waals surface area contributed by atoms with Gasteiger partial charge >= 0.3 is 5.69 Å². The Kier molecular flexibility index (Phi) is 8.09. The molecule has 0 saturated heterocycles. The predicted molar refractivity (Wildman–Crippen MR) is 41.2 cm³/mol. The van der Waals surface area contributed by atoms with Crippen LogP contribution in [0.15, 0.2) is 18.2 Å². The summed E-state index contributed by atoms with van der Waals surface area (Å²) in [4.78, 5) is 2.91. The first-order chi connectivity index (χ1) is 4.74. The second-order valence-corrected chi connectivity index (χ2v) is 2.54. The van der Waals surface area contributed by atoms with Gasteiger partial charge in [0.15, 0.2) is 4.98 Å². The van der Waals surface area contributed by atoms with Gasteiger partial charge in [-0.25, -0.2) is 0 Å². The number of hydrogen-bond donors (Lipinski definition) is 0. The van der Waals surface area contributed by atoms with Crippen LogP contribution >= 0.6 is 23.2 Å². The Morgan fingerprint density at radius 2 is 1.83 bits per heavy atom. The summed E-state index contributed by atoms with van der Waals surface area (Å²) in [6.07, 6.45) is 0. The van der Waals surface area contributed by atoms with Crippen molar-refractivity contribution in [3.05, 3.63) is 33.2 Å². The third kappa shape index (κ3) is 3.69. The van der Waals surface area contributed by atoms with Gasteiger partial charge in [-0.1, -0.05) is 23.2 Å². The molecule has 0 saturated carbocycles. The van der Waals surface area contributed by atoms with Gasteiger partial charge in [0.25, 0.3) is 0 Å². The molecule has 0 aromatic heterocycles. The largest absolute Gasteiger partial charge is 1.00 e. The minimum absolute atomic E-state index is 0. The standard InChI is InChI=1S/C6H3Cl2N2.ClH.Zn/c7-4-1-2-5(8)6(3-4)10-9;;/h1-3H;1H;/q+1;;/p-1. The van der Waals surface area contributed by atoms with Gasteiger partial charge in [-0.15, -0.1) is 0 Å². The molecule has 0 bridgehead atoms. The molecule has 1 aromatic carbocycles. The number of nitrogens with zero attached hydrogens (tertiary/aromatic N) is 2. The summed E-state index contributed by atoms with van der Waals surface area (Å²) in [6.45, 7) is 0. The van der Waals surface area contributed by atoms with E-state index in [0.717, 1.165) is 0 Å². The summed E-state index contributed by atoms with van der Waals surface area (Å²) >= 11 is 11.1. The van der Waals surface area contributed by atoms with Crippen molar-refractivity contribution in [2.45, 2.75) is 0 Å². The smallest absolute Gasteiger partial charge is 0.404 e. The fourth-order valence-electron chi connectivity index (χ4n) is 0.562. The van der Waals surface area contributed by atoms with E-state index in [1.54, 1.807) is 12.1 Å². The Bertz CT molecular complexity index is 297. The van der Waals surface area contributed by atoms with E-state index in [-0.39, 0.29) is 37.6 Å². The van der Waals surface area contributed by atoms with Crippen LogP contribution in [0.2, 0.25) is 10.0 Å². The van der Waals surface area contributed by atoms with Crippen LogP contribution in [-0.2, 0) is 19.5 Å². The Hall–Kier alpha value is 0.133. The molecule has 60 valence electrons. The van der Waals surface area contributed by atoms with E-state index in [1.165, 1.54) is 6.07 Å². The maximum absolute atomic E-state index is 8.32. The summed E-state index contributed by atoms with van der Waals surface area (Å²) in [5.41, 5.74) is 0.286. The van der Waals surface area contributed by atoms with E-state index in [1.807, 2.05) is 0 Å². The van der Waals surface area contributed by atoms with Crippen LogP contribution in [0.5, 0.6) is 0 Å². The third-order valence-corrected chi connectivity index (χ3v) is 1.57. The zero-order valence-electron chi connectivity index (χ0n) is 5.97. The van der Waals surface area contributed by atoms with Gasteiger partial charge < -0.3 is 12.4 Å². The van der Waals surface area contributed by atoms with Gasteiger partial charge in [0, 0.05) is 24.5 Å². The molecule has 0 aliphatic carbocycles. The molecule has 0 atom stereocenters. The van der Waals surface area contributed by atoms with E-state index < -0.39 is 0 Å². The van der Waals surface area contributed by atoms with E-state index >= 15 is 0 Å². The van der Waals surface area contributed by atoms with Crippen molar-refractivity contribution in [2.24, 2.45) is 0 Å². The number of rotatable bonds is 0. The Morgan fingerprint density at radius 1 is 1.25 bits per heavy atom. The van der Waals surface area contributed by atoms with Crippen LogP contribution in [-0.4, -0.2) is 0 Å². The molecule has 0 N–H and O–H groups in total. The molecule has 2 nitrogen and oxygen atoms in total. The van der Waals surface area contributed by atoms with Crippen LogP contribution in [0.1, 0.15) is 0 Å². The average molecular weight is 275 g/mol. The minimum atomic E-state index is 0. The van der Waals surface area contributed by atoms with E-state index in [4.69, 9.17) is 28.6 Å². The molecule has 0 heterocycles. The van der Waals surface area contributed by atoms with Crippen molar-refractivity contribution in [3.63, 3.8) is 0 Å². The summed E-state index contributed by atoms with van der Waals surface area (Å²) in [7, 11) is 0. The summed E-state index contributed by atoms with van der Waals surface area (Å²) in [6, 6.07) is 4.67. The maximum Gasteiger partial charge on any atom is 0.404 e. The fraction of sp³-hybridized carbons (Fsp3) is 0. The van der Waals surface area contributed by atoms with E-state index in [2.05, 4.69) is 4.98 Å². The van der Waals surface area contributed by atoms with Crippen molar-refractivity contribution >= 4 is 28.9 Å². The summed E-state index contributed by atoms with van der Waals surface area (Å²) < 4.78 is 0. The zero-order chi connectivity index (χ0) is 7.56. The van der Waals surface area contributed by atoms with Crippen molar-refractivity contribution in [1.82, 2.24) is 0 Å². The van der Waals surface area contributed by atoms with Crippen molar-refractivity contribution in [3.8, 4) is 0 Å². The molecule has 12 heavy (non-hydrogen) atoms. The molecule has 1 rings (SSSR count). The molecule has 0 amide bonds. The van der Waals surface area contributed by atoms with Gasteiger partial charge in [-0.2, -0.15) is 0 Å². The number of halogens is 3. The molecule has 0 unspecified atom stereocenters. The monoisotopic (exact) mass is 272 g/mol. The molecule has 0 radical (unpaired) electrons. The fourth-order valence-corrected chi connectivity index (χ4v) is 0.884. The average Bonchev–Trinajstić information content (AvgIpc) is 1.94. The topological polar surface area (TPSA) is 28.1 Å². The first-order valence-corrected chi connectivity index (χ1v) is 3.30. The van der Waals surface area contributed by atoms with Crippen LogP contribution in [0.3, 0.4) is 0 Å². The molecule has 0 aliphatic rings. The number of hydrogen-bond acceptors (Lipinski definition) is 1. The molecule has 0 fully saturated rings. The number of diazo groups is 1. The zero-order valence-corrected chi connectivity index (χ0v) is 11.2. The van der Waals surface area contributed by atoms with E-state index in [0.29, 0.717) is 10.0 Å². The Balaban J connectivity index is 0. The SMILES string of the molecule is N#[N+]c1cc(Cl)ccc1Cl.[Cl-].[Zn]. The number of benzene rings is 1. The maximum atomic E-state index is 8.32. The Labute approximate surface area is 99.0 Å². The summed E-state index contributed by atoms with van der Waals surface area (Å²) in [5.74, 6) is 0. The predicted octanol–water partition coefficient (Wildman–Crippen LogP) is 0.479. The Morgan fingerprint density at radius 3 is 2.25 bits per heavy atom. The van der Waals surface area contributed by atoms with Gasteiger partial charge in [-0.3, -0.25) is 0 Å². The molecule has 0 spiro atoms. The molecule has 1 aromatic rings. The van der Waals surface area contributed by atoms with Crippen molar-refractivity contribution < 1.29 is 31.9 Å². The van der Waals surface area contributed by atoms with Crippen LogP contribution in [0, 0.1) is 5.39 Å². The van der Waals surface area contributed by atoms with E-state index in [9.17, 15) is 0 Å². The normalized spacial score (nSPS) is 7.42. The van der Waals surface area contributed by atoms with Gasteiger partial charge in [0.05, 0.1) is 6.07 Å². The van der Waals surface area contributed by atoms with Crippen LogP contribution < -0.4 is 12.4 Å². The first-order valence-electron chi connectivity index (χ1n) is 2.54. The molecular formula is C6H3Cl3N2Zn. The third-order valence-electron chi connectivity index (χ3n) is 1.02. The quantitative estimate of drug-likeness (QED) is 0.500. The minimum Gasteiger partial charge on any atom is -1.00 e. The van der Waals surface area contributed by atoms with Gasteiger partial charge in [0.2, 0.25) is 5.39 Å². The first kappa shape index (κ1) is 14.6. The van der Waals surface area contributed by atoms with Crippen molar-refractivity contribution in [2.75, 3.05) is 0 Å². The van der Waals surface area contributed by atoms with Crippen LogP contribution in [0.25, 0.3) is 4.98 Å². The van der Waals surface area contributed by atoms with Gasteiger partial charge in [-0.05, 0) is 12.1 Å². The summed E-state index contributed by atoms with van der Waals surface area (Å²) in [5, 5.41) is 9.20. The molecular weight excluding hydrogens is 272 g/mol. The second kappa shape index (κ2) is 6.63. The van der Waals surface area contributed by atoms with Crippen LogP contribution in [0.4, 0.5) is 5.69 Å².